The number of aryl methyl sites for hydroxylation is 2. The smallest absolute Gasteiger partial charge is 0.251 e. The Labute approximate surface area is 169 Å². The van der Waals surface area contributed by atoms with Crippen molar-refractivity contribution in [2.75, 3.05) is 25.9 Å². The van der Waals surface area contributed by atoms with Crippen molar-refractivity contribution in [2.45, 2.75) is 32.7 Å². The Morgan fingerprint density at radius 1 is 1.25 bits per heavy atom. The minimum atomic E-state index is -0.262. The average molecular weight is 402 g/mol. The van der Waals surface area contributed by atoms with Crippen molar-refractivity contribution in [3.05, 3.63) is 45.5 Å². The fraction of sp³-hybridized carbons (Fsp3) is 0.450. The number of amides is 2. The number of hydrogen-bond donors (Lipinski definition) is 3. The molecular weight excluding hydrogens is 374 g/mol. The molecule has 0 saturated carbocycles. The molecule has 4 N–H and O–H groups in total. The molecule has 2 heterocycles. The zero-order chi connectivity index (χ0) is 20.3. The topological polar surface area (TPSA) is 99.8 Å². The number of benzene rings is 1. The maximum atomic E-state index is 12.7. The van der Waals surface area contributed by atoms with E-state index in [1.165, 1.54) is 0 Å². The summed E-state index contributed by atoms with van der Waals surface area (Å²) in [5.41, 5.74) is 9.60. The predicted molar refractivity (Wildman–Crippen MR) is 113 cm³/mol. The van der Waals surface area contributed by atoms with Gasteiger partial charge in [-0.1, -0.05) is 6.07 Å². The molecule has 0 radical (unpaired) electrons. The molecule has 0 aromatic heterocycles. The van der Waals surface area contributed by atoms with E-state index in [0.717, 1.165) is 28.1 Å². The maximum absolute atomic E-state index is 12.7. The van der Waals surface area contributed by atoms with Crippen molar-refractivity contribution in [3.8, 4) is 0 Å². The van der Waals surface area contributed by atoms with E-state index in [9.17, 15) is 9.59 Å². The van der Waals surface area contributed by atoms with Crippen molar-refractivity contribution in [2.24, 2.45) is 10.7 Å². The first-order chi connectivity index (χ1) is 13.3. The highest BCUT2D eigenvalue weighted by atomic mass is 32.2. The van der Waals surface area contributed by atoms with Crippen LogP contribution in [0.3, 0.4) is 0 Å². The van der Waals surface area contributed by atoms with Gasteiger partial charge >= 0.3 is 0 Å². The van der Waals surface area contributed by atoms with E-state index in [2.05, 4.69) is 15.6 Å². The van der Waals surface area contributed by atoms with Gasteiger partial charge in [-0.3, -0.25) is 9.59 Å². The highest BCUT2D eigenvalue weighted by molar-refractivity contribution is 8.03. The summed E-state index contributed by atoms with van der Waals surface area (Å²) in [4.78, 5) is 31.2. The fourth-order valence-corrected chi connectivity index (χ4v) is 4.28. The molecule has 1 aromatic rings. The number of aliphatic imine (C=N–C) groups is 1. The largest absolute Gasteiger partial charge is 0.370 e. The second kappa shape index (κ2) is 8.68. The Kier molecular flexibility index (Phi) is 6.28. The summed E-state index contributed by atoms with van der Waals surface area (Å²) in [6.07, 6.45) is 3.16. The fourth-order valence-electron chi connectivity index (χ4n) is 3.38. The van der Waals surface area contributed by atoms with E-state index in [1.807, 2.05) is 32.1 Å². The SMILES string of the molecule is Cc1cc(C)c2cc1C(=O)NCCCN(C)C(=O)CCSC1=CC2N=C(N)N1. The minimum Gasteiger partial charge on any atom is -0.370 e. The van der Waals surface area contributed by atoms with Gasteiger partial charge in [0, 0.05) is 37.9 Å². The number of guanidine groups is 1. The van der Waals surface area contributed by atoms with Crippen LogP contribution in [0, 0.1) is 13.8 Å². The van der Waals surface area contributed by atoms with Gasteiger partial charge in [-0.05, 0) is 49.1 Å². The molecule has 0 spiro atoms. The lowest BCUT2D eigenvalue weighted by Crippen LogP contribution is -2.34. The summed E-state index contributed by atoms with van der Waals surface area (Å²) in [7, 11) is 1.80. The van der Waals surface area contributed by atoms with Gasteiger partial charge in [0.05, 0.1) is 11.1 Å². The third-order valence-corrected chi connectivity index (χ3v) is 5.93. The van der Waals surface area contributed by atoms with Crippen LogP contribution in [0.4, 0.5) is 0 Å². The average Bonchev–Trinajstić information content (AvgIpc) is 2.63. The van der Waals surface area contributed by atoms with Crippen molar-refractivity contribution >= 4 is 29.5 Å². The number of nitrogens with two attached hydrogens (primary N) is 1. The molecule has 1 aromatic carbocycles. The van der Waals surface area contributed by atoms with E-state index in [-0.39, 0.29) is 17.9 Å². The van der Waals surface area contributed by atoms with Gasteiger partial charge < -0.3 is 21.3 Å². The number of carbonyl (C=O) groups is 2. The molecule has 7 nitrogen and oxygen atoms in total. The number of nitrogens with one attached hydrogen (secondary N) is 2. The molecule has 4 bridgehead atoms. The van der Waals surface area contributed by atoms with Gasteiger partial charge in [-0.2, -0.15) is 0 Å². The van der Waals surface area contributed by atoms with Crippen LogP contribution in [0.2, 0.25) is 0 Å². The molecule has 2 aliphatic heterocycles. The summed E-state index contributed by atoms with van der Waals surface area (Å²) >= 11 is 1.56. The summed E-state index contributed by atoms with van der Waals surface area (Å²) in [6.45, 7) is 5.10. The third kappa shape index (κ3) is 4.67. The van der Waals surface area contributed by atoms with Crippen LogP contribution in [0.1, 0.15) is 45.9 Å². The first kappa shape index (κ1) is 20.3. The minimum absolute atomic E-state index is 0.0948. The van der Waals surface area contributed by atoms with E-state index < -0.39 is 0 Å². The van der Waals surface area contributed by atoms with Crippen molar-refractivity contribution in [3.63, 3.8) is 0 Å². The molecule has 1 atom stereocenters. The van der Waals surface area contributed by atoms with E-state index in [4.69, 9.17) is 5.73 Å². The van der Waals surface area contributed by atoms with E-state index in [1.54, 1.807) is 23.7 Å². The number of carbonyl (C=O) groups excluding carboxylic acids is 2. The third-order valence-electron chi connectivity index (χ3n) is 4.97. The van der Waals surface area contributed by atoms with Crippen LogP contribution in [0.5, 0.6) is 0 Å². The first-order valence-electron chi connectivity index (χ1n) is 9.43. The Morgan fingerprint density at radius 3 is 2.82 bits per heavy atom. The van der Waals surface area contributed by atoms with E-state index >= 15 is 0 Å². The van der Waals surface area contributed by atoms with Gasteiger partial charge in [0.2, 0.25) is 5.91 Å². The molecule has 0 saturated heterocycles. The molecule has 8 heteroatoms. The quantitative estimate of drug-likeness (QED) is 0.616. The van der Waals surface area contributed by atoms with Gasteiger partial charge in [-0.15, -0.1) is 11.8 Å². The van der Waals surface area contributed by atoms with Crippen LogP contribution in [-0.4, -0.2) is 48.6 Å². The number of hydrogen-bond acceptors (Lipinski definition) is 6. The zero-order valence-corrected chi connectivity index (χ0v) is 17.4. The van der Waals surface area contributed by atoms with E-state index in [0.29, 0.717) is 36.8 Å². The highest BCUT2D eigenvalue weighted by Gasteiger charge is 2.21. The Bertz CT molecular complexity index is 849. The standard InChI is InChI=1S/C20H27N5O2S/c1-12-9-13(2)15-10-14(12)16-11-17(24-20(21)23-16)28-8-5-18(26)25(3)7-4-6-22-19(15)27/h9-11,16H,4-8H2,1-3H3,(H,22,27)(H3,21,23,24). The van der Waals surface area contributed by atoms with Crippen LogP contribution >= 0.6 is 11.8 Å². The Hall–Kier alpha value is -2.48. The number of rotatable bonds is 0. The van der Waals surface area contributed by atoms with Gasteiger partial charge in [0.25, 0.3) is 5.91 Å². The van der Waals surface area contributed by atoms with Crippen LogP contribution < -0.4 is 16.4 Å². The zero-order valence-electron chi connectivity index (χ0n) is 16.5. The maximum Gasteiger partial charge on any atom is 0.251 e. The second-order valence-electron chi connectivity index (χ2n) is 7.16. The van der Waals surface area contributed by atoms with Crippen molar-refractivity contribution in [1.82, 2.24) is 15.5 Å². The van der Waals surface area contributed by atoms with Crippen LogP contribution in [-0.2, 0) is 4.79 Å². The molecule has 2 amide bonds. The molecule has 0 fully saturated rings. The van der Waals surface area contributed by atoms with Crippen molar-refractivity contribution < 1.29 is 9.59 Å². The summed E-state index contributed by atoms with van der Waals surface area (Å²) in [5.74, 6) is 0.990. The van der Waals surface area contributed by atoms with Crippen LogP contribution in [0.15, 0.2) is 28.2 Å². The molecule has 0 aliphatic carbocycles. The Balaban J connectivity index is 1.97. The molecule has 1 unspecified atom stereocenters. The molecular formula is C20H27N5O2S. The molecule has 150 valence electrons. The number of fused-ring (bicyclic) bond motifs is 4. The lowest BCUT2D eigenvalue weighted by Gasteiger charge is -2.23. The molecule has 28 heavy (non-hydrogen) atoms. The number of nitrogens with zero attached hydrogens (tertiary/aromatic N) is 2. The monoisotopic (exact) mass is 401 g/mol. The molecule has 3 rings (SSSR count). The van der Waals surface area contributed by atoms with Crippen molar-refractivity contribution in [1.29, 1.82) is 0 Å². The number of thioether (sulfide) groups is 1. The Morgan fingerprint density at radius 2 is 2.04 bits per heavy atom. The summed E-state index contributed by atoms with van der Waals surface area (Å²) < 4.78 is 0. The van der Waals surface area contributed by atoms with Crippen LogP contribution in [0.25, 0.3) is 0 Å². The lowest BCUT2D eigenvalue weighted by molar-refractivity contribution is -0.129. The van der Waals surface area contributed by atoms with Gasteiger partial charge in [-0.25, -0.2) is 4.99 Å². The van der Waals surface area contributed by atoms with Gasteiger partial charge in [0.1, 0.15) is 0 Å². The predicted octanol–water partition coefficient (Wildman–Crippen LogP) is 1.82. The highest BCUT2D eigenvalue weighted by Crippen LogP contribution is 2.30. The first-order valence-corrected chi connectivity index (χ1v) is 10.4. The lowest BCUT2D eigenvalue weighted by atomic mass is 9.94. The normalized spacial score (nSPS) is 21.4. The second-order valence-corrected chi connectivity index (χ2v) is 8.30. The summed E-state index contributed by atoms with van der Waals surface area (Å²) in [5, 5.41) is 6.92. The molecule has 2 aliphatic rings. The van der Waals surface area contributed by atoms with Gasteiger partial charge in [0.15, 0.2) is 5.96 Å². The summed E-state index contributed by atoms with van der Waals surface area (Å²) in [6, 6.07) is 3.68.